The van der Waals surface area contributed by atoms with Gasteiger partial charge in [-0.2, -0.15) is 0 Å². The van der Waals surface area contributed by atoms with Gasteiger partial charge in [-0.15, -0.1) is 0 Å². The zero-order valence-electron chi connectivity index (χ0n) is 15.5. The Bertz CT molecular complexity index is 712. The molecule has 0 unspecified atom stereocenters. The van der Waals surface area contributed by atoms with Crippen molar-refractivity contribution in [3.05, 3.63) is 23.3 Å². The molecule has 6 aliphatic rings. The van der Waals surface area contributed by atoms with Gasteiger partial charge in [0.25, 0.3) is 0 Å². The zero-order valence-corrected chi connectivity index (χ0v) is 15.5. The van der Waals surface area contributed by atoms with E-state index in [0.29, 0.717) is 16.6 Å². The summed E-state index contributed by atoms with van der Waals surface area (Å²) in [6.45, 7) is 3.40. The molecule has 2 nitrogen and oxygen atoms in total. The van der Waals surface area contributed by atoms with Gasteiger partial charge in [0, 0.05) is 23.7 Å². The number of allylic oxidation sites excluding steroid dienone is 2. The SMILES string of the molecule is C[C@]12CC[C@@H]3C4=C(CC[C@H]3[C@@H]1CC1(CC1)[C@@]21C=CCO1)CC(=O)CC4. The molecule has 1 heterocycles. The summed E-state index contributed by atoms with van der Waals surface area (Å²) in [6, 6.07) is 0. The molecule has 0 N–H and O–H groups in total. The molecule has 0 saturated heterocycles. The van der Waals surface area contributed by atoms with E-state index in [4.69, 9.17) is 4.74 Å². The topological polar surface area (TPSA) is 26.3 Å². The van der Waals surface area contributed by atoms with E-state index >= 15 is 0 Å². The molecule has 6 rings (SSSR count). The number of carbonyl (C=O) groups excluding carboxylic acids is 1. The van der Waals surface area contributed by atoms with Gasteiger partial charge in [0.15, 0.2) is 0 Å². The van der Waals surface area contributed by atoms with Crippen molar-refractivity contribution in [3.8, 4) is 0 Å². The van der Waals surface area contributed by atoms with Crippen LogP contribution in [0.5, 0.6) is 0 Å². The fourth-order valence-corrected chi connectivity index (χ4v) is 8.24. The minimum absolute atomic E-state index is 0.0484. The summed E-state index contributed by atoms with van der Waals surface area (Å²) in [6.07, 6.45) is 16.8. The number of hydrogen-bond acceptors (Lipinski definition) is 2. The molecule has 2 heteroatoms. The van der Waals surface area contributed by atoms with Crippen LogP contribution in [-0.4, -0.2) is 18.0 Å². The Labute approximate surface area is 151 Å². The average Bonchev–Trinajstić information content (AvgIpc) is 3.14. The lowest BCUT2D eigenvalue weighted by molar-refractivity contribution is -0.123. The monoisotopic (exact) mass is 338 g/mol. The molecule has 3 saturated carbocycles. The summed E-state index contributed by atoms with van der Waals surface area (Å²) < 4.78 is 6.58. The van der Waals surface area contributed by atoms with Crippen molar-refractivity contribution < 1.29 is 9.53 Å². The maximum Gasteiger partial charge on any atom is 0.137 e. The summed E-state index contributed by atoms with van der Waals surface area (Å²) >= 11 is 0. The third-order valence-electron chi connectivity index (χ3n) is 9.45. The third-order valence-corrected chi connectivity index (χ3v) is 9.45. The molecule has 0 bridgehead atoms. The van der Waals surface area contributed by atoms with E-state index in [1.54, 1.807) is 11.1 Å². The van der Waals surface area contributed by atoms with Crippen molar-refractivity contribution in [2.75, 3.05) is 6.61 Å². The highest BCUT2D eigenvalue weighted by Gasteiger charge is 2.76. The van der Waals surface area contributed by atoms with E-state index in [2.05, 4.69) is 19.1 Å². The molecule has 1 aliphatic heterocycles. The van der Waals surface area contributed by atoms with E-state index in [0.717, 1.165) is 43.6 Å². The lowest BCUT2D eigenvalue weighted by atomic mass is 9.52. The van der Waals surface area contributed by atoms with Crippen molar-refractivity contribution in [1.29, 1.82) is 0 Å². The van der Waals surface area contributed by atoms with Crippen LogP contribution in [0, 0.1) is 28.6 Å². The number of ketones is 1. The van der Waals surface area contributed by atoms with Crippen LogP contribution in [0.4, 0.5) is 0 Å². The Morgan fingerprint density at radius 2 is 2.00 bits per heavy atom. The van der Waals surface area contributed by atoms with E-state index in [1.165, 1.54) is 44.9 Å². The van der Waals surface area contributed by atoms with Gasteiger partial charge < -0.3 is 4.74 Å². The van der Waals surface area contributed by atoms with Crippen molar-refractivity contribution in [2.45, 2.75) is 76.7 Å². The van der Waals surface area contributed by atoms with Crippen LogP contribution in [0.15, 0.2) is 23.3 Å². The summed E-state index contributed by atoms with van der Waals surface area (Å²) in [4.78, 5) is 11.9. The van der Waals surface area contributed by atoms with E-state index in [1.807, 2.05) is 0 Å². The molecule has 25 heavy (non-hydrogen) atoms. The van der Waals surface area contributed by atoms with Crippen LogP contribution in [0.25, 0.3) is 0 Å². The highest BCUT2D eigenvalue weighted by molar-refractivity contribution is 5.82. The fourth-order valence-electron chi connectivity index (χ4n) is 8.24. The number of Topliss-reactive ketones (excluding diaryl/α,β-unsaturated/α-hetero) is 1. The summed E-state index contributed by atoms with van der Waals surface area (Å²) in [5.41, 5.74) is 4.12. The van der Waals surface area contributed by atoms with Gasteiger partial charge in [0.05, 0.1) is 12.2 Å². The molecule has 5 aliphatic carbocycles. The van der Waals surface area contributed by atoms with Crippen LogP contribution in [0.3, 0.4) is 0 Å². The van der Waals surface area contributed by atoms with Gasteiger partial charge in [-0.1, -0.05) is 30.2 Å². The van der Waals surface area contributed by atoms with E-state index in [9.17, 15) is 4.79 Å². The van der Waals surface area contributed by atoms with Crippen LogP contribution in [0.2, 0.25) is 0 Å². The van der Waals surface area contributed by atoms with Crippen molar-refractivity contribution in [3.63, 3.8) is 0 Å². The maximum atomic E-state index is 11.9. The second-order valence-corrected chi connectivity index (χ2v) is 10.1. The molecule has 0 radical (unpaired) electrons. The molecule has 3 fully saturated rings. The third kappa shape index (κ3) is 1.69. The molecule has 2 spiro atoms. The van der Waals surface area contributed by atoms with Crippen molar-refractivity contribution in [2.24, 2.45) is 28.6 Å². The summed E-state index contributed by atoms with van der Waals surface area (Å²) in [5, 5.41) is 0. The van der Waals surface area contributed by atoms with Crippen molar-refractivity contribution in [1.82, 2.24) is 0 Å². The lowest BCUT2D eigenvalue weighted by Gasteiger charge is -2.54. The highest BCUT2D eigenvalue weighted by atomic mass is 16.5. The number of carbonyl (C=O) groups is 1. The second-order valence-electron chi connectivity index (χ2n) is 10.1. The van der Waals surface area contributed by atoms with Crippen LogP contribution >= 0.6 is 0 Å². The first-order valence-electron chi connectivity index (χ1n) is 10.6. The fraction of sp³-hybridized carbons (Fsp3) is 0.783. The molecule has 134 valence electrons. The minimum Gasteiger partial charge on any atom is -0.366 e. The largest absolute Gasteiger partial charge is 0.366 e. The summed E-state index contributed by atoms with van der Waals surface area (Å²) in [5.74, 6) is 2.94. The number of fused-ring (bicyclic) bond motifs is 6. The normalized spacial score (nSPS) is 49.5. The minimum atomic E-state index is 0.0484. The predicted molar refractivity (Wildman–Crippen MR) is 97.0 cm³/mol. The quantitative estimate of drug-likeness (QED) is 0.582. The Balaban J connectivity index is 1.40. The first-order chi connectivity index (χ1) is 12.1. The van der Waals surface area contributed by atoms with Gasteiger partial charge in [-0.05, 0) is 69.1 Å². The molecule has 5 atom stereocenters. The maximum absolute atomic E-state index is 11.9. The van der Waals surface area contributed by atoms with Crippen LogP contribution in [-0.2, 0) is 9.53 Å². The number of ether oxygens (including phenoxy) is 1. The molecular formula is C23H30O2. The average molecular weight is 338 g/mol. The molecule has 0 aromatic carbocycles. The zero-order chi connectivity index (χ0) is 16.9. The lowest BCUT2D eigenvalue weighted by Crippen LogP contribution is -2.53. The van der Waals surface area contributed by atoms with Gasteiger partial charge in [-0.3, -0.25) is 4.79 Å². The second kappa shape index (κ2) is 4.68. The Hall–Kier alpha value is -0.890. The van der Waals surface area contributed by atoms with Gasteiger partial charge in [-0.25, -0.2) is 0 Å². The van der Waals surface area contributed by atoms with E-state index in [-0.39, 0.29) is 5.60 Å². The van der Waals surface area contributed by atoms with Crippen LogP contribution < -0.4 is 0 Å². The molecule has 0 amide bonds. The highest BCUT2D eigenvalue weighted by Crippen LogP contribution is 2.78. The summed E-state index contributed by atoms with van der Waals surface area (Å²) in [7, 11) is 0. The van der Waals surface area contributed by atoms with Crippen LogP contribution in [0.1, 0.15) is 71.1 Å². The first kappa shape index (κ1) is 15.2. The van der Waals surface area contributed by atoms with Gasteiger partial charge >= 0.3 is 0 Å². The van der Waals surface area contributed by atoms with Gasteiger partial charge in [0.2, 0.25) is 0 Å². The standard InChI is InChI=1S/C23H30O2/c1-21-9-7-18-17-6-4-16(24)13-15(17)3-5-19(18)20(21)14-22(10-11-22)23(21)8-2-12-25-23/h2,8,18-20H,3-7,9-14H2,1H3/t18-,19-,20+,21+,23-/m1/s1. The smallest absolute Gasteiger partial charge is 0.137 e. The van der Waals surface area contributed by atoms with Gasteiger partial charge in [0.1, 0.15) is 5.78 Å². The Kier molecular flexibility index (Phi) is 2.85. The number of hydrogen-bond donors (Lipinski definition) is 0. The first-order valence-corrected chi connectivity index (χ1v) is 10.6. The Morgan fingerprint density at radius 1 is 1.12 bits per heavy atom. The van der Waals surface area contributed by atoms with E-state index < -0.39 is 0 Å². The molecule has 0 aromatic heterocycles. The Morgan fingerprint density at radius 3 is 2.76 bits per heavy atom. The number of rotatable bonds is 0. The molecular weight excluding hydrogens is 308 g/mol. The predicted octanol–water partition coefficient (Wildman–Crippen LogP) is 4.99. The van der Waals surface area contributed by atoms with Crippen molar-refractivity contribution >= 4 is 5.78 Å². The molecule has 0 aromatic rings.